The number of benzene rings is 2. The Morgan fingerprint density at radius 1 is 1.13 bits per heavy atom. The predicted molar refractivity (Wildman–Crippen MR) is 173 cm³/mol. The molecule has 1 spiro atoms. The van der Waals surface area contributed by atoms with Gasteiger partial charge in [-0.15, -0.1) is 30.0 Å². The number of aliphatic hydroxyl groups excluding tert-OH is 1. The molecule has 0 aliphatic carbocycles. The smallest absolute Gasteiger partial charge is 0.248 e. The number of aliphatic hydroxyl groups is 1. The molecule has 2 unspecified atom stereocenters. The summed E-state index contributed by atoms with van der Waals surface area (Å²) in [5.74, 6) is -1.28. The highest BCUT2D eigenvalue weighted by Gasteiger charge is 2.74. The first-order valence-electron chi connectivity index (χ1n) is 15.3. The van der Waals surface area contributed by atoms with Gasteiger partial charge in [-0.1, -0.05) is 29.5 Å². The predicted octanol–water partition coefficient (Wildman–Crippen LogP) is 3.10. The summed E-state index contributed by atoms with van der Waals surface area (Å²) >= 11 is 1.60. The van der Waals surface area contributed by atoms with E-state index >= 15 is 0 Å². The molecule has 3 fully saturated rings. The number of thioether (sulfide) groups is 1. The molecule has 3 saturated heterocycles. The number of anilines is 1. The molecule has 4 heterocycles. The number of para-hydroxylation sites is 1. The first-order valence-corrected chi connectivity index (χ1v) is 16.2. The topological polar surface area (TPSA) is 121 Å². The van der Waals surface area contributed by atoms with Crippen molar-refractivity contribution in [3.63, 3.8) is 0 Å². The summed E-state index contributed by atoms with van der Waals surface area (Å²) in [6.45, 7) is 10.5. The Morgan fingerprint density at radius 2 is 1.89 bits per heavy atom. The Labute approximate surface area is 266 Å². The second kappa shape index (κ2) is 12.7. The lowest BCUT2D eigenvalue weighted by molar-refractivity contribution is -0.144. The van der Waals surface area contributed by atoms with Crippen LogP contribution < -0.4 is 9.64 Å². The molecule has 3 aliphatic rings. The third kappa shape index (κ3) is 5.19. The summed E-state index contributed by atoms with van der Waals surface area (Å²) in [6.07, 6.45) is 4.66. The molecule has 236 valence electrons. The minimum absolute atomic E-state index is 0.00305. The molecule has 3 amide bonds. The fraction of sp³-hybridized carbons (Fsp3) is 0.424. The van der Waals surface area contributed by atoms with Crippen molar-refractivity contribution in [3.05, 3.63) is 73.8 Å². The molecule has 1 N–H and O–H groups in total. The third-order valence-corrected chi connectivity index (χ3v) is 11.0. The van der Waals surface area contributed by atoms with Gasteiger partial charge < -0.3 is 24.5 Å². The molecule has 11 nitrogen and oxygen atoms in total. The van der Waals surface area contributed by atoms with Crippen LogP contribution in [0.1, 0.15) is 19.8 Å². The quantitative estimate of drug-likeness (QED) is 0.286. The maximum Gasteiger partial charge on any atom is 0.248 e. The Hall–Kier alpha value is -4.16. The van der Waals surface area contributed by atoms with Gasteiger partial charge in [0.1, 0.15) is 24.0 Å². The number of likely N-dealkylation sites (tertiary alicyclic amines) is 1. The zero-order valence-corrected chi connectivity index (χ0v) is 26.1. The van der Waals surface area contributed by atoms with Crippen LogP contribution in [-0.2, 0) is 21.1 Å². The van der Waals surface area contributed by atoms with E-state index < -0.39 is 22.6 Å². The van der Waals surface area contributed by atoms with Gasteiger partial charge in [0.25, 0.3) is 0 Å². The molecular formula is C33H38N6O5S. The molecule has 2 bridgehead atoms. The van der Waals surface area contributed by atoms with Crippen LogP contribution in [0.15, 0.2) is 73.8 Å². The number of aromatic nitrogens is 3. The molecule has 1 aromatic heterocycles. The van der Waals surface area contributed by atoms with Gasteiger partial charge in [-0.2, -0.15) is 0 Å². The number of amides is 3. The van der Waals surface area contributed by atoms with Crippen molar-refractivity contribution in [2.45, 2.75) is 42.5 Å². The van der Waals surface area contributed by atoms with Crippen molar-refractivity contribution >= 4 is 46.2 Å². The molecule has 2 aromatic carbocycles. The van der Waals surface area contributed by atoms with E-state index in [1.807, 2.05) is 55.5 Å². The highest BCUT2D eigenvalue weighted by molar-refractivity contribution is 8.02. The van der Waals surface area contributed by atoms with Gasteiger partial charge in [0, 0.05) is 30.6 Å². The van der Waals surface area contributed by atoms with E-state index in [0.29, 0.717) is 36.4 Å². The second-order valence-corrected chi connectivity index (χ2v) is 13.1. The number of carbonyl (C=O) groups is 3. The van der Waals surface area contributed by atoms with E-state index in [1.165, 1.54) is 4.90 Å². The molecule has 0 radical (unpaired) electrons. The molecule has 12 heteroatoms. The molecule has 0 saturated carbocycles. The lowest BCUT2D eigenvalue weighted by Gasteiger charge is -2.37. The summed E-state index contributed by atoms with van der Waals surface area (Å²) in [5.41, 5.74) is 2.18. The first kappa shape index (κ1) is 30.8. The van der Waals surface area contributed by atoms with E-state index in [4.69, 9.17) is 4.74 Å². The highest BCUT2D eigenvalue weighted by Crippen LogP contribution is 2.66. The molecule has 6 rings (SSSR count). The summed E-state index contributed by atoms with van der Waals surface area (Å²) in [5, 5.41) is 18.4. The second-order valence-electron chi connectivity index (χ2n) is 11.5. The number of hydrogen-bond donors (Lipinski definition) is 1. The van der Waals surface area contributed by atoms with Crippen LogP contribution in [-0.4, -0.2) is 96.5 Å². The largest absolute Gasteiger partial charge is 0.494 e. The van der Waals surface area contributed by atoms with Crippen molar-refractivity contribution in [1.82, 2.24) is 24.8 Å². The first-order chi connectivity index (χ1) is 21.9. The zero-order chi connectivity index (χ0) is 31.7. The maximum absolute atomic E-state index is 14.6. The van der Waals surface area contributed by atoms with Crippen LogP contribution in [0.3, 0.4) is 0 Å². The van der Waals surface area contributed by atoms with Crippen molar-refractivity contribution in [2.75, 3.05) is 37.7 Å². The van der Waals surface area contributed by atoms with E-state index in [-0.39, 0.29) is 55.9 Å². The minimum atomic E-state index is -0.844. The van der Waals surface area contributed by atoms with Crippen LogP contribution >= 0.6 is 11.8 Å². The standard InChI is InChI=1S/C33H38N6O5S/c1-4-17-36(21-39-25-10-8-7-9-24(25)34-35-39)32(43)29-33-16-15-26(45-33)27(28(33)31(42)38(29)19-20-40)30(41)37(18-5-2)22-11-13-23(14-12-22)44-6-3/h4-5,7-14,26-29,40H,1-2,6,15-21H2,3H3/t26-,27+,28-,29?,33?/m0/s1. The van der Waals surface area contributed by atoms with Crippen LogP contribution in [0.2, 0.25) is 0 Å². The Kier molecular flexibility index (Phi) is 8.69. The highest BCUT2D eigenvalue weighted by atomic mass is 32.2. The van der Waals surface area contributed by atoms with Gasteiger partial charge in [0.2, 0.25) is 17.7 Å². The van der Waals surface area contributed by atoms with Gasteiger partial charge in [0.15, 0.2) is 0 Å². The molecule has 5 atom stereocenters. The molecule has 3 aromatic rings. The lowest BCUT2D eigenvalue weighted by atomic mass is 9.70. The fourth-order valence-corrected chi connectivity index (χ4v) is 9.52. The molecule has 3 aliphatic heterocycles. The number of β-amino-alcohol motifs (C(OH)–C–C–N with tert-alkyl or cyclic N) is 1. The average molecular weight is 631 g/mol. The summed E-state index contributed by atoms with van der Waals surface area (Å²) < 4.78 is 6.45. The van der Waals surface area contributed by atoms with Gasteiger partial charge in [-0.3, -0.25) is 14.4 Å². The van der Waals surface area contributed by atoms with E-state index in [9.17, 15) is 19.5 Å². The van der Waals surface area contributed by atoms with Gasteiger partial charge in [-0.05, 0) is 56.2 Å². The SMILES string of the molecule is C=CCN(Cn1nnc2ccccc21)C(=O)C1N(CCO)C(=O)[C@@H]2[C@H](C(=O)N(CC=C)c3ccc(OCC)cc3)[C@@H]3CCC12S3. The number of nitrogens with zero attached hydrogens (tertiary/aromatic N) is 6. The summed E-state index contributed by atoms with van der Waals surface area (Å²) in [7, 11) is 0. The number of hydrogen-bond acceptors (Lipinski definition) is 8. The summed E-state index contributed by atoms with van der Waals surface area (Å²) in [4.78, 5) is 48.1. The van der Waals surface area contributed by atoms with Crippen molar-refractivity contribution in [3.8, 4) is 5.75 Å². The normalized spacial score (nSPS) is 24.9. The van der Waals surface area contributed by atoms with Crippen LogP contribution in [0, 0.1) is 11.8 Å². The molecular weight excluding hydrogens is 592 g/mol. The van der Waals surface area contributed by atoms with Gasteiger partial charge in [-0.25, -0.2) is 4.68 Å². The number of rotatable bonds is 13. The molecule has 45 heavy (non-hydrogen) atoms. The number of ether oxygens (including phenoxy) is 1. The van der Waals surface area contributed by atoms with E-state index in [2.05, 4.69) is 23.5 Å². The van der Waals surface area contributed by atoms with E-state index in [1.54, 1.807) is 38.4 Å². The van der Waals surface area contributed by atoms with Crippen molar-refractivity contribution < 1.29 is 24.2 Å². The minimum Gasteiger partial charge on any atom is -0.494 e. The monoisotopic (exact) mass is 630 g/mol. The van der Waals surface area contributed by atoms with Gasteiger partial charge in [0.05, 0.1) is 35.3 Å². The Balaban J connectivity index is 1.33. The fourth-order valence-electron chi connectivity index (χ4n) is 7.31. The van der Waals surface area contributed by atoms with Gasteiger partial charge >= 0.3 is 0 Å². The van der Waals surface area contributed by atoms with E-state index in [0.717, 1.165) is 5.52 Å². The third-order valence-electron chi connectivity index (χ3n) is 9.08. The average Bonchev–Trinajstić information content (AvgIpc) is 3.80. The lowest BCUT2D eigenvalue weighted by Crippen LogP contribution is -2.55. The van der Waals surface area contributed by atoms with Crippen LogP contribution in [0.25, 0.3) is 11.0 Å². The van der Waals surface area contributed by atoms with Crippen LogP contribution in [0.5, 0.6) is 5.75 Å². The Morgan fingerprint density at radius 3 is 2.60 bits per heavy atom. The maximum atomic E-state index is 14.6. The summed E-state index contributed by atoms with van der Waals surface area (Å²) in [6, 6.07) is 14.0. The zero-order valence-electron chi connectivity index (χ0n) is 25.3. The Bertz CT molecular complexity index is 1610. The van der Waals surface area contributed by atoms with Crippen molar-refractivity contribution in [2.24, 2.45) is 11.8 Å². The number of carbonyl (C=O) groups excluding carboxylic acids is 3. The van der Waals surface area contributed by atoms with Crippen molar-refractivity contribution in [1.29, 1.82) is 0 Å². The number of fused-ring (bicyclic) bond motifs is 2. The van der Waals surface area contributed by atoms with Crippen LogP contribution in [0.4, 0.5) is 5.69 Å².